The molecule has 1 N–H and O–H groups in total. The molecule has 1 atom stereocenters. The second kappa shape index (κ2) is 7.65. The Labute approximate surface area is 98.9 Å². The van der Waals surface area contributed by atoms with Gasteiger partial charge in [0, 0.05) is 0 Å². The van der Waals surface area contributed by atoms with E-state index in [1.807, 2.05) is 0 Å². The third-order valence-electron chi connectivity index (χ3n) is 1.93. The van der Waals surface area contributed by atoms with Gasteiger partial charge in [-0.2, -0.15) is 0 Å². The molecule has 0 aromatic heterocycles. The zero-order chi connectivity index (χ0) is 11.8. The predicted octanol–water partition coefficient (Wildman–Crippen LogP) is 2.55. The number of aliphatic hydroxyl groups is 1. The predicted molar refractivity (Wildman–Crippen MR) is 63.7 cm³/mol. The van der Waals surface area contributed by atoms with Crippen LogP contribution in [-0.4, -0.2) is 23.8 Å². The van der Waals surface area contributed by atoms with Gasteiger partial charge in [0.25, 0.3) is 0 Å². The van der Waals surface area contributed by atoms with Crippen molar-refractivity contribution >= 4 is 21.9 Å². The summed E-state index contributed by atoms with van der Waals surface area (Å²) in [7, 11) is 0. The van der Waals surface area contributed by atoms with E-state index >= 15 is 0 Å². The summed E-state index contributed by atoms with van der Waals surface area (Å²) >= 11 is 3.15. The zero-order valence-corrected chi connectivity index (χ0v) is 10.9. The second-order valence-electron chi connectivity index (χ2n) is 3.21. The molecule has 0 aliphatic heterocycles. The molecule has 0 bridgehead atoms. The highest BCUT2D eigenvalue weighted by molar-refractivity contribution is 9.11. The molecule has 0 saturated carbocycles. The van der Waals surface area contributed by atoms with E-state index in [-0.39, 0.29) is 12.4 Å². The fraction of sp³-hybridized carbons (Fsp3) is 0.545. The monoisotopic (exact) mass is 276 g/mol. The number of hydrogen-bond acceptors (Lipinski definition) is 3. The van der Waals surface area contributed by atoms with Crippen LogP contribution in [0.5, 0.6) is 0 Å². The zero-order valence-electron chi connectivity index (χ0n) is 9.29. The van der Waals surface area contributed by atoms with Crippen LogP contribution in [0, 0.1) is 0 Å². The third kappa shape index (κ3) is 5.74. The number of esters is 1. The van der Waals surface area contributed by atoms with Crippen LogP contribution in [0.2, 0.25) is 0 Å². The molecule has 0 aromatic rings. The van der Waals surface area contributed by atoms with Crippen molar-refractivity contribution in [1.82, 2.24) is 0 Å². The number of hydrogen-bond donors (Lipinski definition) is 1. The molecule has 4 heteroatoms. The van der Waals surface area contributed by atoms with Crippen molar-refractivity contribution in [2.75, 3.05) is 6.61 Å². The fourth-order valence-corrected chi connectivity index (χ4v) is 1.25. The number of carbonyl (C=O) groups excluding carboxylic acids is 1. The molecule has 0 aliphatic carbocycles. The summed E-state index contributed by atoms with van der Waals surface area (Å²) in [5, 5.41) is 9.71. The summed E-state index contributed by atoms with van der Waals surface area (Å²) in [6.45, 7) is 5.74. The van der Waals surface area contributed by atoms with E-state index in [0.29, 0.717) is 6.61 Å². The fourth-order valence-electron chi connectivity index (χ4n) is 0.995. The van der Waals surface area contributed by atoms with Crippen LogP contribution < -0.4 is 0 Å². The molecular formula is C11H17BrO3. The van der Waals surface area contributed by atoms with Crippen LogP contribution in [0.1, 0.15) is 27.2 Å². The number of halogens is 1. The lowest BCUT2D eigenvalue weighted by Crippen LogP contribution is -2.10. The maximum absolute atomic E-state index is 11.0. The van der Waals surface area contributed by atoms with Gasteiger partial charge in [0.05, 0.1) is 19.1 Å². The maximum atomic E-state index is 11.0. The first-order chi connectivity index (χ1) is 7.02. The van der Waals surface area contributed by atoms with Crippen LogP contribution >= 0.6 is 15.9 Å². The highest BCUT2D eigenvalue weighted by atomic mass is 79.9. The summed E-state index contributed by atoms with van der Waals surface area (Å²) in [5.74, 6) is -0.274. The minimum atomic E-state index is -0.640. The van der Waals surface area contributed by atoms with E-state index in [9.17, 15) is 9.90 Å². The summed E-state index contributed by atoms with van der Waals surface area (Å²) < 4.78 is 4.77. The minimum Gasteiger partial charge on any atom is -0.466 e. The van der Waals surface area contributed by atoms with Crippen LogP contribution in [0.4, 0.5) is 0 Å². The molecule has 0 aliphatic rings. The highest BCUT2D eigenvalue weighted by Gasteiger charge is 2.08. The first kappa shape index (κ1) is 14.4. The van der Waals surface area contributed by atoms with Gasteiger partial charge in [-0.1, -0.05) is 22.0 Å². The van der Waals surface area contributed by atoms with Gasteiger partial charge in [-0.15, -0.1) is 0 Å². The van der Waals surface area contributed by atoms with E-state index in [2.05, 4.69) is 15.9 Å². The second-order valence-corrected chi connectivity index (χ2v) is 3.67. The van der Waals surface area contributed by atoms with Crippen molar-refractivity contribution < 1.29 is 14.6 Å². The summed E-state index contributed by atoms with van der Waals surface area (Å²) in [4.78, 5) is 12.7. The van der Waals surface area contributed by atoms with Crippen LogP contribution in [0.25, 0.3) is 0 Å². The smallest absolute Gasteiger partial charge is 0.309 e. The lowest BCUT2D eigenvalue weighted by molar-refractivity contribution is -0.142. The Morgan fingerprint density at radius 2 is 2.07 bits per heavy atom. The number of ether oxygens (including phenoxy) is 1. The average Bonchev–Trinajstić information content (AvgIpc) is 2.24. The van der Waals surface area contributed by atoms with Crippen molar-refractivity contribution in [3.63, 3.8) is 0 Å². The standard InChI is InChI=1S/C11H17BrO3/c1-4-15-10(13)6-5-8(2)11(14)9(3)7-12/h5,7,11,14H,4,6H2,1-3H3/b8-5-,9-7+/t11-/m0/s1. The molecule has 15 heavy (non-hydrogen) atoms. The number of carbonyl (C=O) groups is 1. The van der Waals surface area contributed by atoms with Crippen molar-refractivity contribution in [2.45, 2.75) is 33.3 Å². The van der Waals surface area contributed by atoms with Crippen LogP contribution in [0.15, 0.2) is 22.2 Å². The Morgan fingerprint density at radius 3 is 2.53 bits per heavy atom. The molecule has 86 valence electrons. The largest absolute Gasteiger partial charge is 0.466 e. The average molecular weight is 277 g/mol. The van der Waals surface area contributed by atoms with Gasteiger partial charge >= 0.3 is 5.97 Å². The first-order valence-corrected chi connectivity index (χ1v) is 5.71. The first-order valence-electron chi connectivity index (χ1n) is 4.80. The molecule has 0 amide bonds. The SMILES string of the molecule is CCOC(=O)C/C=C(/C)[C@H](O)/C(C)=C/Br. The molecule has 3 nitrogen and oxygen atoms in total. The van der Waals surface area contributed by atoms with Gasteiger partial charge in [0.1, 0.15) is 0 Å². The molecule has 0 spiro atoms. The van der Waals surface area contributed by atoms with E-state index in [1.165, 1.54) is 0 Å². The van der Waals surface area contributed by atoms with Crippen LogP contribution in [-0.2, 0) is 9.53 Å². The molecule has 0 saturated heterocycles. The van der Waals surface area contributed by atoms with E-state index in [1.54, 1.807) is 31.8 Å². The Hall–Kier alpha value is -0.610. The van der Waals surface area contributed by atoms with Gasteiger partial charge in [-0.25, -0.2) is 0 Å². The lowest BCUT2D eigenvalue weighted by atomic mass is 10.1. The summed E-state index contributed by atoms with van der Waals surface area (Å²) in [6, 6.07) is 0. The van der Waals surface area contributed by atoms with Crippen LogP contribution in [0.3, 0.4) is 0 Å². The van der Waals surface area contributed by atoms with Gasteiger partial charge in [0.2, 0.25) is 0 Å². The third-order valence-corrected chi connectivity index (χ3v) is 2.65. The van der Waals surface area contributed by atoms with Crippen molar-refractivity contribution in [1.29, 1.82) is 0 Å². The number of aliphatic hydroxyl groups excluding tert-OH is 1. The van der Waals surface area contributed by atoms with Crippen molar-refractivity contribution in [2.24, 2.45) is 0 Å². The summed E-state index contributed by atoms with van der Waals surface area (Å²) in [5.41, 5.74) is 1.55. The molecule has 0 rings (SSSR count). The van der Waals surface area contributed by atoms with Crippen molar-refractivity contribution in [3.8, 4) is 0 Å². The van der Waals surface area contributed by atoms with Crippen molar-refractivity contribution in [3.05, 3.63) is 22.2 Å². The molecule has 0 aromatic carbocycles. The molecule has 0 heterocycles. The van der Waals surface area contributed by atoms with Gasteiger partial charge in [0.15, 0.2) is 0 Å². The van der Waals surface area contributed by atoms with E-state index in [0.717, 1.165) is 11.1 Å². The number of rotatable bonds is 5. The Kier molecular flexibility index (Phi) is 7.34. The Balaban J connectivity index is 4.25. The Bertz CT molecular complexity index is 269. The lowest BCUT2D eigenvalue weighted by Gasteiger charge is -2.11. The normalized spacial score (nSPS) is 15.0. The highest BCUT2D eigenvalue weighted by Crippen LogP contribution is 2.13. The maximum Gasteiger partial charge on any atom is 0.309 e. The van der Waals surface area contributed by atoms with Gasteiger partial charge < -0.3 is 9.84 Å². The molecular weight excluding hydrogens is 260 g/mol. The quantitative estimate of drug-likeness (QED) is 0.620. The van der Waals surface area contributed by atoms with Gasteiger partial charge in [-0.05, 0) is 36.9 Å². The molecule has 0 unspecified atom stereocenters. The van der Waals surface area contributed by atoms with Gasteiger partial charge in [-0.3, -0.25) is 4.79 Å². The van der Waals surface area contributed by atoms with E-state index < -0.39 is 6.10 Å². The minimum absolute atomic E-state index is 0.201. The Morgan fingerprint density at radius 1 is 1.47 bits per heavy atom. The molecule has 0 fully saturated rings. The summed E-state index contributed by atoms with van der Waals surface area (Å²) in [6.07, 6.45) is 1.24. The molecule has 0 radical (unpaired) electrons. The van der Waals surface area contributed by atoms with E-state index in [4.69, 9.17) is 4.74 Å². The topological polar surface area (TPSA) is 46.5 Å².